The van der Waals surface area contributed by atoms with Gasteiger partial charge in [0, 0.05) is 24.9 Å². The van der Waals surface area contributed by atoms with Gasteiger partial charge in [0.1, 0.15) is 5.82 Å². The zero-order valence-electron chi connectivity index (χ0n) is 13.5. The largest absolute Gasteiger partial charge is 0.356 e. The smallest absolute Gasteiger partial charge is 0.223 e. The molecule has 0 bridgehead atoms. The average molecular weight is 322 g/mol. The van der Waals surface area contributed by atoms with Crippen molar-refractivity contribution in [2.24, 2.45) is 11.8 Å². The van der Waals surface area contributed by atoms with Gasteiger partial charge in [-0.05, 0) is 37.9 Å². The van der Waals surface area contributed by atoms with Crippen molar-refractivity contribution in [3.8, 4) is 0 Å². The van der Waals surface area contributed by atoms with Crippen LogP contribution in [0.2, 0.25) is 0 Å². The molecule has 1 amide bonds. The minimum absolute atomic E-state index is 0.231. The predicted molar refractivity (Wildman–Crippen MR) is 87.9 cm³/mol. The van der Waals surface area contributed by atoms with E-state index >= 15 is 0 Å². The maximum atomic E-state index is 11.8. The number of rotatable bonds is 7. The topological polar surface area (TPSA) is 59.8 Å². The molecule has 5 nitrogen and oxygen atoms in total. The van der Waals surface area contributed by atoms with E-state index in [1.165, 1.54) is 25.7 Å². The van der Waals surface area contributed by atoms with Gasteiger partial charge in [-0.3, -0.25) is 4.79 Å². The van der Waals surface area contributed by atoms with Gasteiger partial charge >= 0.3 is 0 Å². The van der Waals surface area contributed by atoms with Gasteiger partial charge < -0.3 is 9.88 Å². The number of carbonyl (C=O) groups excluding carboxylic acids is 1. The number of nitrogens with zero attached hydrogens (tertiary/aromatic N) is 3. The molecule has 22 heavy (non-hydrogen) atoms. The third kappa shape index (κ3) is 3.47. The summed E-state index contributed by atoms with van der Waals surface area (Å²) in [6.07, 6.45) is 10.1. The highest BCUT2D eigenvalue weighted by Crippen LogP contribution is 2.37. The second-order valence-corrected chi connectivity index (χ2v) is 7.40. The highest BCUT2D eigenvalue weighted by atomic mass is 32.2. The van der Waals surface area contributed by atoms with Crippen LogP contribution in [0.1, 0.15) is 57.3 Å². The normalized spacial score (nSPS) is 24.6. The van der Waals surface area contributed by atoms with Crippen molar-refractivity contribution in [1.29, 1.82) is 0 Å². The molecule has 122 valence electrons. The van der Waals surface area contributed by atoms with Gasteiger partial charge in [0.05, 0.1) is 0 Å². The lowest BCUT2D eigenvalue weighted by Crippen LogP contribution is -2.27. The van der Waals surface area contributed by atoms with Crippen molar-refractivity contribution in [2.75, 3.05) is 12.8 Å². The summed E-state index contributed by atoms with van der Waals surface area (Å²) in [5, 5.41) is 12.8. The fourth-order valence-electron chi connectivity index (χ4n) is 3.42. The molecule has 2 unspecified atom stereocenters. The summed E-state index contributed by atoms with van der Waals surface area (Å²) in [5.74, 6) is 2.17. The van der Waals surface area contributed by atoms with E-state index < -0.39 is 0 Å². The number of aryl methyl sites for hydroxylation is 1. The molecule has 2 aliphatic carbocycles. The molecule has 0 aromatic carbocycles. The van der Waals surface area contributed by atoms with Gasteiger partial charge in [0.2, 0.25) is 5.91 Å². The van der Waals surface area contributed by atoms with Crippen LogP contribution in [0.25, 0.3) is 0 Å². The Morgan fingerprint density at radius 3 is 2.73 bits per heavy atom. The summed E-state index contributed by atoms with van der Waals surface area (Å²) in [5.41, 5.74) is 0. The minimum Gasteiger partial charge on any atom is -0.356 e. The highest BCUT2D eigenvalue weighted by molar-refractivity contribution is 7.98. The van der Waals surface area contributed by atoms with E-state index in [0.717, 1.165) is 36.8 Å². The summed E-state index contributed by atoms with van der Waals surface area (Å²) in [6.45, 7) is 2.88. The Hall–Kier alpha value is -1.04. The molecule has 2 atom stereocenters. The molecule has 1 aromatic heterocycles. The molecule has 1 heterocycles. The second kappa shape index (κ2) is 7.02. The van der Waals surface area contributed by atoms with Crippen LogP contribution in [-0.2, 0) is 11.2 Å². The van der Waals surface area contributed by atoms with Crippen LogP contribution in [0.15, 0.2) is 5.16 Å². The first-order chi connectivity index (χ1) is 10.7. The Balaban J connectivity index is 1.51. The van der Waals surface area contributed by atoms with Gasteiger partial charge in [-0.2, -0.15) is 0 Å². The number of aromatic nitrogens is 3. The number of hydrogen-bond donors (Lipinski definition) is 1. The lowest BCUT2D eigenvalue weighted by molar-refractivity contribution is -0.122. The highest BCUT2D eigenvalue weighted by Gasteiger charge is 2.38. The first-order valence-corrected chi connectivity index (χ1v) is 9.68. The molecule has 6 heteroatoms. The maximum Gasteiger partial charge on any atom is 0.223 e. The molecule has 3 rings (SSSR count). The zero-order valence-corrected chi connectivity index (χ0v) is 14.4. The summed E-state index contributed by atoms with van der Waals surface area (Å²) in [6, 6.07) is 0.578. The molecular formula is C16H26N4OS. The molecule has 0 saturated heterocycles. The molecular weight excluding hydrogens is 296 g/mol. The van der Waals surface area contributed by atoms with Crippen molar-refractivity contribution in [3.63, 3.8) is 0 Å². The van der Waals surface area contributed by atoms with Crippen LogP contribution in [0, 0.1) is 11.8 Å². The Morgan fingerprint density at radius 2 is 2.09 bits per heavy atom. The lowest BCUT2D eigenvalue weighted by Gasteiger charge is -2.16. The van der Waals surface area contributed by atoms with Gasteiger partial charge in [-0.1, -0.05) is 31.5 Å². The summed E-state index contributed by atoms with van der Waals surface area (Å²) in [4.78, 5) is 11.8. The summed E-state index contributed by atoms with van der Waals surface area (Å²) < 4.78 is 2.35. The number of carbonyl (C=O) groups is 1. The molecule has 2 saturated carbocycles. The third-order valence-electron chi connectivity index (χ3n) is 4.93. The van der Waals surface area contributed by atoms with Crippen LogP contribution in [0.5, 0.6) is 0 Å². The van der Waals surface area contributed by atoms with E-state index in [1.807, 2.05) is 0 Å². The Morgan fingerprint density at radius 1 is 1.36 bits per heavy atom. The first kappa shape index (κ1) is 15.8. The summed E-state index contributed by atoms with van der Waals surface area (Å²) in [7, 11) is 0. The number of amides is 1. The monoisotopic (exact) mass is 322 g/mol. The average Bonchev–Trinajstić information content (AvgIpc) is 2.95. The van der Waals surface area contributed by atoms with Crippen LogP contribution in [-0.4, -0.2) is 33.5 Å². The van der Waals surface area contributed by atoms with Gasteiger partial charge in [0.15, 0.2) is 5.16 Å². The Labute approximate surface area is 136 Å². The molecule has 0 spiro atoms. The van der Waals surface area contributed by atoms with E-state index in [1.54, 1.807) is 11.8 Å². The van der Waals surface area contributed by atoms with Crippen LogP contribution < -0.4 is 5.32 Å². The van der Waals surface area contributed by atoms with Gasteiger partial charge in [-0.15, -0.1) is 10.2 Å². The van der Waals surface area contributed by atoms with E-state index in [0.29, 0.717) is 12.0 Å². The van der Waals surface area contributed by atoms with Crippen molar-refractivity contribution in [3.05, 3.63) is 5.82 Å². The fraction of sp³-hybridized carbons (Fsp3) is 0.812. The van der Waals surface area contributed by atoms with Gasteiger partial charge in [0.25, 0.3) is 0 Å². The number of thioether (sulfide) groups is 1. The first-order valence-electron chi connectivity index (χ1n) is 8.46. The molecule has 0 aliphatic heterocycles. The van der Waals surface area contributed by atoms with Crippen LogP contribution >= 0.6 is 11.8 Å². The number of hydrogen-bond acceptors (Lipinski definition) is 4. The van der Waals surface area contributed by atoms with Crippen molar-refractivity contribution >= 4 is 17.7 Å². The third-order valence-corrected chi connectivity index (χ3v) is 5.57. The molecule has 1 aromatic rings. The van der Waals surface area contributed by atoms with E-state index in [9.17, 15) is 4.79 Å². The maximum absolute atomic E-state index is 11.8. The van der Waals surface area contributed by atoms with Crippen molar-refractivity contribution in [2.45, 2.75) is 63.1 Å². The zero-order chi connectivity index (χ0) is 15.5. The fourth-order valence-corrected chi connectivity index (χ4v) is 4.00. The quantitative estimate of drug-likeness (QED) is 0.619. The minimum atomic E-state index is 0.231. The van der Waals surface area contributed by atoms with E-state index in [-0.39, 0.29) is 11.8 Å². The SMILES string of the molecule is CSc1nnc(CCCNC(=O)C2CC2C)n1C1CCCC1. The van der Waals surface area contributed by atoms with Crippen LogP contribution in [0.4, 0.5) is 0 Å². The molecule has 2 fully saturated rings. The summed E-state index contributed by atoms with van der Waals surface area (Å²) >= 11 is 1.68. The predicted octanol–water partition coefficient (Wildman–Crippen LogP) is 2.82. The van der Waals surface area contributed by atoms with Crippen molar-refractivity contribution in [1.82, 2.24) is 20.1 Å². The van der Waals surface area contributed by atoms with Crippen molar-refractivity contribution < 1.29 is 4.79 Å². The van der Waals surface area contributed by atoms with Crippen LogP contribution in [0.3, 0.4) is 0 Å². The molecule has 2 aliphatic rings. The Kier molecular flexibility index (Phi) is 5.06. The van der Waals surface area contributed by atoms with E-state index in [4.69, 9.17) is 0 Å². The Bertz CT molecular complexity index is 524. The lowest BCUT2D eigenvalue weighted by atomic mass is 10.2. The van der Waals surface area contributed by atoms with Gasteiger partial charge in [-0.25, -0.2) is 0 Å². The van der Waals surface area contributed by atoms with E-state index in [2.05, 4.69) is 33.3 Å². The molecule has 1 N–H and O–H groups in total. The molecule has 0 radical (unpaired) electrons. The standard InChI is InChI=1S/C16H26N4OS/c1-11-10-13(11)15(21)17-9-5-8-14-18-19-16(22-2)20(14)12-6-3-4-7-12/h11-13H,3-10H2,1-2H3,(H,17,21). The second-order valence-electron chi connectivity index (χ2n) is 6.63. The number of nitrogens with one attached hydrogen (secondary N) is 1.